The first-order valence-electron chi connectivity index (χ1n) is 9.93. The van der Waals surface area contributed by atoms with E-state index in [2.05, 4.69) is 62.7 Å². The molecule has 1 aromatic carbocycles. The maximum absolute atomic E-state index is 10.9. The van der Waals surface area contributed by atoms with Gasteiger partial charge in [0.2, 0.25) is 6.41 Å². The third kappa shape index (κ3) is 3.41. The summed E-state index contributed by atoms with van der Waals surface area (Å²) in [5, 5.41) is 1.22. The van der Waals surface area contributed by atoms with Crippen molar-refractivity contribution >= 4 is 29.9 Å². The molecule has 0 atom stereocenters. The van der Waals surface area contributed by atoms with Gasteiger partial charge in [-0.05, 0) is 69.4 Å². The molecule has 2 aliphatic heterocycles. The summed E-state index contributed by atoms with van der Waals surface area (Å²) >= 11 is 0. The van der Waals surface area contributed by atoms with Crippen molar-refractivity contribution in [3.63, 3.8) is 0 Å². The largest absolute Gasteiger partial charge is 0.494 e. The van der Waals surface area contributed by atoms with Crippen molar-refractivity contribution < 1.29 is 14.1 Å². The van der Waals surface area contributed by atoms with Gasteiger partial charge in [-0.25, -0.2) is 0 Å². The number of nitrogens with zero attached hydrogens (tertiary/aromatic N) is 2. The molecule has 1 aromatic heterocycles. The van der Waals surface area contributed by atoms with Gasteiger partial charge in [0, 0.05) is 31.3 Å². The average molecular weight is 368 g/mol. The lowest BCUT2D eigenvalue weighted by atomic mass is 9.78. The second-order valence-electron chi connectivity index (χ2n) is 8.96. The summed E-state index contributed by atoms with van der Waals surface area (Å²) in [6, 6.07) is 8.65. The van der Waals surface area contributed by atoms with E-state index in [0.29, 0.717) is 5.92 Å². The summed E-state index contributed by atoms with van der Waals surface area (Å²) in [6.45, 7) is 11.1. The molecule has 0 aliphatic carbocycles. The summed E-state index contributed by atoms with van der Waals surface area (Å²) in [5.74, 6) is 0.625. The highest BCUT2D eigenvalue weighted by molar-refractivity contribution is 6.62. The quantitative estimate of drug-likeness (QED) is 0.616. The van der Waals surface area contributed by atoms with Gasteiger partial charge < -0.3 is 18.8 Å². The van der Waals surface area contributed by atoms with Gasteiger partial charge in [0.05, 0.1) is 11.2 Å². The first kappa shape index (κ1) is 18.6. The van der Waals surface area contributed by atoms with E-state index in [9.17, 15) is 4.79 Å². The number of piperidine rings is 1. The maximum atomic E-state index is 10.9. The molecule has 2 aliphatic rings. The van der Waals surface area contributed by atoms with Crippen LogP contribution in [0.5, 0.6) is 0 Å². The fraction of sp³-hybridized carbons (Fsp3) is 0.571. The number of aromatic nitrogens is 1. The topological polar surface area (TPSA) is 43.7 Å². The fourth-order valence-electron chi connectivity index (χ4n) is 4.02. The predicted octanol–water partition coefficient (Wildman–Crippen LogP) is 2.81. The van der Waals surface area contributed by atoms with Crippen molar-refractivity contribution in [3.8, 4) is 0 Å². The van der Waals surface area contributed by atoms with Gasteiger partial charge >= 0.3 is 7.12 Å². The third-order valence-corrected chi connectivity index (χ3v) is 6.57. The second-order valence-corrected chi connectivity index (χ2v) is 8.96. The van der Waals surface area contributed by atoms with E-state index in [-0.39, 0.29) is 18.3 Å². The van der Waals surface area contributed by atoms with E-state index in [1.165, 1.54) is 10.9 Å². The van der Waals surface area contributed by atoms with Crippen LogP contribution in [-0.4, -0.2) is 47.3 Å². The molecule has 1 amide bonds. The van der Waals surface area contributed by atoms with Crippen LogP contribution in [0.3, 0.4) is 0 Å². The van der Waals surface area contributed by atoms with E-state index in [4.69, 9.17) is 9.31 Å². The van der Waals surface area contributed by atoms with Crippen molar-refractivity contribution in [2.45, 2.75) is 58.3 Å². The van der Waals surface area contributed by atoms with Crippen molar-refractivity contribution in [1.82, 2.24) is 9.47 Å². The number of likely N-dealkylation sites (tertiary alicyclic amines) is 1. The molecule has 27 heavy (non-hydrogen) atoms. The van der Waals surface area contributed by atoms with Crippen molar-refractivity contribution in [3.05, 3.63) is 30.5 Å². The lowest BCUT2D eigenvalue weighted by Crippen LogP contribution is -2.41. The molecule has 2 fully saturated rings. The van der Waals surface area contributed by atoms with Gasteiger partial charge in [-0.2, -0.15) is 0 Å². The van der Waals surface area contributed by atoms with Crippen molar-refractivity contribution in [2.24, 2.45) is 5.92 Å². The Bertz CT molecular complexity index is 821. The Hall–Kier alpha value is -1.79. The van der Waals surface area contributed by atoms with Gasteiger partial charge in [0.15, 0.2) is 0 Å². The van der Waals surface area contributed by atoms with Crippen LogP contribution in [0.1, 0.15) is 40.5 Å². The molecule has 0 N–H and O–H groups in total. The van der Waals surface area contributed by atoms with E-state index in [1.54, 1.807) is 0 Å². The Morgan fingerprint density at radius 1 is 1.11 bits per heavy atom. The van der Waals surface area contributed by atoms with E-state index >= 15 is 0 Å². The first-order chi connectivity index (χ1) is 12.8. The second kappa shape index (κ2) is 6.68. The Morgan fingerprint density at radius 2 is 1.78 bits per heavy atom. The van der Waals surface area contributed by atoms with Crippen molar-refractivity contribution in [1.29, 1.82) is 0 Å². The number of hydrogen-bond donors (Lipinski definition) is 0. The molecule has 3 heterocycles. The van der Waals surface area contributed by atoms with E-state index in [0.717, 1.165) is 44.3 Å². The first-order valence-corrected chi connectivity index (χ1v) is 9.93. The number of fused-ring (bicyclic) bond motifs is 1. The number of benzene rings is 1. The predicted molar refractivity (Wildman–Crippen MR) is 108 cm³/mol. The zero-order valence-electron chi connectivity index (χ0n) is 16.8. The van der Waals surface area contributed by atoms with Gasteiger partial charge in [-0.15, -0.1) is 0 Å². The van der Waals surface area contributed by atoms with E-state index in [1.807, 2.05) is 4.90 Å². The third-order valence-electron chi connectivity index (χ3n) is 6.57. The van der Waals surface area contributed by atoms with Crippen LogP contribution in [0.25, 0.3) is 10.9 Å². The van der Waals surface area contributed by atoms with Gasteiger partial charge in [-0.3, -0.25) is 4.79 Å². The molecule has 2 aromatic rings. The number of rotatable bonds is 4. The molecule has 0 saturated carbocycles. The molecular formula is C21H29BN2O3. The maximum Gasteiger partial charge on any atom is 0.494 e. The summed E-state index contributed by atoms with van der Waals surface area (Å²) in [7, 11) is -0.324. The molecule has 6 heteroatoms. The normalized spacial score (nSPS) is 22.5. The van der Waals surface area contributed by atoms with Crippen LogP contribution in [-0.2, 0) is 20.6 Å². The Balaban J connectivity index is 1.50. The highest BCUT2D eigenvalue weighted by Gasteiger charge is 2.51. The standard InChI is InChI=1S/C21H29BN2O3/c1-20(2)21(3,4)27-22(26-20)18-5-6-19-17(13-18)9-12-24(19)14-16-7-10-23(15-25)11-8-16/h5-6,9,12-13,15-16H,7-8,10-11,14H2,1-4H3. The summed E-state index contributed by atoms with van der Waals surface area (Å²) in [6.07, 6.45) is 5.29. The Morgan fingerprint density at radius 3 is 2.41 bits per heavy atom. The molecule has 4 rings (SSSR count). The smallest absolute Gasteiger partial charge is 0.399 e. The van der Waals surface area contributed by atoms with E-state index < -0.39 is 0 Å². The van der Waals surface area contributed by atoms with Gasteiger partial charge in [0.25, 0.3) is 0 Å². The summed E-state index contributed by atoms with van der Waals surface area (Å²) in [5.41, 5.74) is 1.66. The van der Waals surface area contributed by atoms with Crippen molar-refractivity contribution in [2.75, 3.05) is 13.1 Å². The minimum absolute atomic E-state index is 0.324. The molecule has 144 valence electrons. The number of amides is 1. The SMILES string of the molecule is CC1(C)OB(c2ccc3c(ccn3CC3CCN(C=O)CC3)c2)OC1(C)C. The van der Waals surface area contributed by atoms with Crippen LogP contribution in [0.4, 0.5) is 0 Å². The zero-order chi connectivity index (χ0) is 19.2. The molecule has 0 spiro atoms. The van der Waals surface area contributed by atoms with Crippen LogP contribution in [0.2, 0.25) is 0 Å². The van der Waals surface area contributed by atoms with Gasteiger partial charge in [-0.1, -0.05) is 12.1 Å². The van der Waals surface area contributed by atoms with Crippen LogP contribution in [0.15, 0.2) is 30.5 Å². The highest BCUT2D eigenvalue weighted by Crippen LogP contribution is 2.36. The molecule has 2 saturated heterocycles. The Labute approximate surface area is 161 Å². The number of carbonyl (C=O) groups excluding carboxylic acids is 1. The fourth-order valence-corrected chi connectivity index (χ4v) is 4.02. The van der Waals surface area contributed by atoms with Crippen LogP contribution < -0.4 is 5.46 Å². The molecule has 0 radical (unpaired) electrons. The molecule has 0 unspecified atom stereocenters. The number of hydrogen-bond acceptors (Lipinski definition) is 3. The van der Waals surface area contributed by atoms with Gasteiger partial charge in [0.1, 0.15) is 0 Å². The van der Waals surface area contributed by atoms with Crippen LogP contribution in [0, 0.1) is 5.92 Å². The minimum atomic E-state index is -0.324. The van der Waals surface area contributed by atoms with Crippen LogP contribution >= 0.6 is 0 Å². The zero-order valence-corrected chi connectivity index (χ0v) is 16.8. The molecule has 0 bridgehead atoms. The lowest BCUT2D eigenvalue weighted by molar-refractivity contribution is -0.119. The monoisotopic (exact) mass is 368 g/mol. The highest BCUT2D eigenvalue weighted by atomic mass is 16.7. The summed E-state index contributed by atoms with van der Waals surface area (Å²) < 4.78 is 14.7. The average Bonchev–Trinajstić information content (AvgIpc) is 3.12. The minimum Gasteiger partial charge on any atom is -0.399 e. The Kier molecular flexibility index (Phi) is 4.59. The lowest BCUT2D eigenvalue weighted by Gasteiger charge is -2.32. The molecular weight excluding hydrogens is 339 g/mol. The summed E-state index contributed by atoms with van der Waals surface area (Å²) in [4.78, 5) is 12.8. The molecule has 5 nitrogen and oxygen atoms in total. The number of carbonyl (C=O) groups is 1.